The van der Waals surface area contributed by atoms with E-state index in [0.29, 0.717) is 31.9 Å². The first-order chi connectivity index (χ1) is 15.3. The number of ketones is 1. The van der Waals surface area contributed by atoms with Crippen LogP contribution in [0.2, 0.25) is 0 Å². The van der Waals surface area contributed by atoms with E-state index in [4.69, 9.17) is 9.73 Å². The van der Waals surface area contributed by atoms with Gasteiger partial charge in [-0.1, -0.05) is 45.5 Å². The topological polar surface area (TPSA) is 89.8 Å². The van der Waals surface area contributed by atoms with Gasteiger partial charge in [-0.3, -0.25) is 19.0 Å². The van der Waals surface area contributed by atoms with Gasteiger partial charge in [0.25, 0.3) is 11.5 Å². The van der Waals surface area contributed by atoms with E-state index < -0.39 is 17.7 Å². The Labute approximate surface area is 194 Å². The summed E-state index contributed by atoms with van der Waals surface area (Å²) in [6, 6.07) is 12.3. The number of carbonyl (C=O) groups is 2. The number of fused-ring (bicyclic) bond motifs is 7. The molecule has 3 aromatic rings. The molecule has 1 N–H and O–H groups in total. The largest absolute Gasteiger partial charge is 0.465 e. The number of Topliss-reactive ketones (excluding diaryl/α,β-unsaturated/α-hetero) is 1. The molecule has 2 aromatic carbocycles. The van der Waals surface area contributed by atoms with Crippen molar-refractivity contribution in [1.29, 1.82) is 0 Å². The van der Waals surface area contributed by atoms with Gasteiger partial charge in [0, 0.05) is 21.3 Å². The second kappa shape index (κ2) is 6.49. The summed E-state index contributed by atoms with van der Waals surface area (Å²) in [5.74, 6) is -0.495. The Kier molecular flexibility index (Phi) is 3.98. The lowest BCUT2D eigenvalue weighted by molar-refractivity contribution is -0.132. The molecule has 0 aliphatic carbocycles. The van der Waals surface area contributed by atoms with Gasteiger partial charge in [0.15, 0.2) is 4.80 Å². The number of halogens is 1. The van der Waals surface area contributed by atoms with Crippen LogP contribution in [-0.4, -0.2) is 22.0 Å². The molecular weight excluding hydrogens is 494 g/mol. The zero-order chi connectivity index (χ0) is 22.4. The van der Waals surface area contributed by atoms with Crippen LogP contribution < -0.4 is 24.9 Å². The fraction of sp³-hybridized carbons (Fsp3) is 0.217. The van der Waals surface area contributed by atoms with Crippen LogP contribution in [0.15, 0.2) is 56.7 Å². The van der Waals surface area contributed by atoms with E-state index in [1.165, 1.54) is 6.92 Å². The lowest BCUT2D eigenvalue weighted by Gasteiger charge is -2.45. The molecule has 2 bridgehead atoms. The van der Waals surface area contributed by atoms with Crippen LogP contribution in [0.3, 0.4) is 0 Å². The Morgan fingerprint density at radius 3 is 2.81 bits per heavy atom. The summed E-state index contributed by atoms with van der Waals surface area (Å²) in [5, 5.41) is 2.83. The number of hydrogen-bond acceptors (Lipinski definition) is 6. The maximum absolute atomic E-state index is 13.8. The Hall–Kier alpha value is -3.04. The number of nitrogens with zero attached hydrogens (tertiary/aromatic N) is 2. The minimum absolute atomic E-state index is 0.110. The molecule has 3 aliphatic rings. The summed E-state index contributed by atoms with van der Waals surface area (Å²) in [5.41, 5.74) is 0.930. The summed E-state index contributed by atoms with van der Waals surface area (Å²) in [4.78, 5) is 44.5. The van der Waals surface area contributed by atoms with Gasteiger partial charge in [0.05, 0.1) is 11.6 Å². The van der Waals surface area contributed by atoms with E-state index in [2.05, 4.69) is 21.2 Å². The summed E-state index contributed by atoms with van der Waals surface area (Å²) in [6.07, 6.45) is 0. The number of hydrogen-bond donors (Lipinski definition) is 1. The first-order valence-corrected chi connectivity index (χ1v) is 11.6. The van der Waals surface area contributed by atoms with E-state index in [9.17, 15) is 14.4 Å². The summed E-state index contributed by atoms with van der Waals surface area (Å²) in [6.45, 7) is 3.27. The summed E-state index contributed by atoms with van der Waals surface area (Å²) < 4.78 is 8.87. The molecule has 1 amide bonds. The van der Waals surface area contributed by atoms with Gasteiger partial charge >= 0.3 is 0 Å². The first-order valence-electron chi connectivity index (χ1n) is 10.0. The van der Waals surface area contributed by atoms with Gasteiger partial charge in [-0.25, -0.2) is 4.99 Å². The highest BCUT2D eigenvalue weighted by Crippen LogP contribution is 2.47. The Bertz CT molecular complexity index is 1560. The number of amides is 1. The second-order valence-corrected chi connectivity index (χ2v) is 10.1. The predicted octanol–water partition coefficient (Wildman–Crippen LogP) is 2.36. The molecule has 0 spiro atoms. The molecule has 3 aliphatic heterocycles. The van der Waals surface area contributed by atoms with Crippen molar-refractivity contribution in [1.82, 2.24) is 4.57 Å². The normalized spacial score (nSPS) is 26.3. The molecule has 160 valence electrons. The fourth-order valence-corrected chi connectivity index (χ4v) is 6.53. The number of nitrogens with one attached hydrogen (secondary N) is 1. The third kappa shape index (κ3) is 2.52. The number of para-hydroxylation sites is 1. The molecule has 6 rings (SSSR count). The molecule has 32 heavy (non-hydrogen) atoms. The van der Waals surface area contributed by atoms with E-state index in [0.717, 1.165) is 21.4 Å². The third-order valence-corrected chi connectivity index (χ3v) is 7.79. The lowest BCUT2D eigenvalue weighted by Crippen LogP contribution is -2.58. The van der Waals surface area contributed by atoms with Crippen molar-refractivity contribution in [2.45, 2.75) is 25.6 Å². The van der Waals surface area contributed by atoms with Gasteiger partial charge in [-0.15, -0.1) is 0 Å². The highest BCUT2D eigenvalue weighted by molar-refractivity contribution is 9.10. The smallest absolute Gasteiger partial charge is 0.271 e. The number of ether oxygens (including phenoxy) is 1. The van der Waals surface area contributed by atoms with E-state index in [-0.39, 0.29) is 17.2 Å². The highest BCUT2D eigenvalue weighted by Gasteiger charge is 2.53. The van der Waals surface area contributed by atoms with Crippen LogP contribution in [0.4, 0.5) is 5.69 Å². The first kappa shape index (κ1) is 19.6. The number of benzene rings is 2. The number of thiazole rings is 1. The molecule has 0 fully saturated rings. The molecule has 0 saturated heterocycles. The zero-order valence-corrected chi connectivity index (χ0v) is 19.4. The minimum Gasteiger partial charge on any atom is -0.465 e. The van der Waals surface area contributed by atoms with Gasteiger partial charge in [0.1, 0.15) is 22.0 Å². The fourth-order valence-electron chi connectivity index (χ4n) is 4.97. The van der Waals surface area contributed by atoms with Crippen molar-refractivity contribution in [2.24, 2.45) is 10.9 Å². The average Bonchev–Trinajstić information content (AvgIpc) is 3.21. The molecule has 0 saturated carbocycles. The van der Waals surface area contributed by atoms with Crippen LogP contribution in [0.5, 0.6) is 5.75 Å². The van der Waals surface area contributed by atoms with Crippen molar-refractivity contribution >= 4 is 50.2 Å². The number of aromatic nitrogens is 1. The standard InChI is InChI=1S/C23H16BrN3O4S/c1-10(28)17-18-12-5-3-4-6-15(12)31-23(17,2)26-22-27(18)21(30)19(32-22)16-13-9-11(24)7-8-14(13)25-20(16)29/h3-9,17-18H,1-2H3,(H,25,29)/b19-16-/t17-,18+,23-/m0/s1. The van der Waals surface area contributed by atoms with Gasteiger partial charge < -0.3 is 10.1 Å². The molecule has 9 heteroatoms. The minimum atomic E-state index is -1.14. The highest BCUT2D eigenvalue weighted by atomic mass is 79.9. The van der Waals surface area contributed by atoms with Gasteiger partial charge in [0.2, 0.25) is 5.72 Å². The second-order valence-electron chi connectivity index (χ2n) is 8.25. The maximum Gasteiger partial charge on any atom is 0.271 e. The van der Waals surface area contributed by atoms with Crippen LogP contribution in [0.25, 0.3) is 5.57 Å². The molecule has 1 aromatic heterocycles. The van der Waals surface area contributed by atoms with Crippen molar-refractivity contribution in [3.05, 3.63) is 77.8 Å². The lowest BCUT2D eigenvalue weighted by atomic mass is 9.79. The number of rotatable bonds is 1. The van der Waals surface area contributed by atoms with Crippen LogP contribution in [0, 0.1) is 5.92 Å². The van der Waals surface area contributed by atoms with Crippen molar-refractivity contribution in [3.8, 4) is 5.75 Å². The van der Waals surface area contributed by atoms with Crippen molar-refractivity contribution in [3.63, 3.8) is 0 Å². The Morgan fingerprint density at radius 1 is 1.25 bits per heavy atom. The van der Waals surface area contributed by atoms with Crippen LogP contribution in [-0.2, 0) is 9.59 Å². The Balaban J connectivity index is 1.72. The van der Waals surface area contributed by atoms with Crippen LogP contribution in [0.1, 0.15) is 31.0 Å². The Morgan fingerprint density at radius 2 is 2.03 bits per heavy atom. The number of carbonyl (C=O) groups excluding carboxylic acids is 2. The SMILES string of the molecule is CC(=O)[C@H]1[C@H]2c3ccccc3O[C@]1(C)N=c1s/c(=C3\C(=O)Nc4ccc(Br)cc43)c(=O)n12. The summed E-state index contributed by atoms with van der Waals surface area (Å²) in [7, 11) is 0. The summed E-state index contributed by atoms with van der Waals surface area (Å²) >= 11 is 4.60. The van der Waals surface area contributed by atoms with Crippen LogP contribution >= 0.6 is 27.3 Å². The molecule has 4 heterocycles. The van der Waals surface area contributed by atoms with Gasteiger partial charge in [-0.05, 0) is 38.1 Å². The third-order valence-electron chi connectivity index (χ3n) is 6.25. The molecule has 0 radical (unpaired) electrons. The zero-order valence-electron chi connectivity index (χ0n) is 17.0. The monoisotopic (exact) mass is 509 g/mol. The van der Waals surface area contributed by atoms with Crippen molar-refractivity contribution < 1.29 is 14.3 Å². The molecule has 3 atom stereocenters. The van der Waals surface area contributed by atoms with Gasteiger partial charge in [-0.2, -0.15) is 0 Å². The van der Waals surface area contributed by atoms with Crippen molar-refractivity contribution in [2.75, 3.05) is 5.32 Å². The molecule has 0 unspecified atom stereocenters. The maximum atomic E-state index is 13.8. The van der Waals surface area contributed by atoms with E-state index in [1.807, 2.05) is 36.4 Å². The molecular formula is C23H16BrN3O4S. The quantitative estimate of drug-likeness (QED) is 0.545. The number of anilines is 1. The molecule has 7 nitrogen and oxygen atoms in total. The van der Waals surface area contributed by atoms with E-state index >= 15 is 0 Å². The average molecular weight is 510 g/mol. The van der Waals surface area contributed by atoms with E-state index in [1.54, 1.807) is 17.6 Å². The predicted molar refractivity (Wildman–Crippen MR) is 122 cm³/mol.